The molecule has 1 fully saturated rings. The highest BCUT2D eigenvalue weighted by molar-refractivity contribution is 5.96. The maximum absolute atomic E-state index is 13.0. The van der Waals surface area contributed by atoms with Gasteiger partial charge in [-0.05, 0) is 42.8 Å². The van der Waals surface area contributed by atoms with Gasteiger partial charge >= 0.3 is 0 Å². The Morgan fingerprint density at radius 2 is 1.85 bits per heavy atom. The number of hydrogen-bond donors (Lipinski definition) is 1. The average Bonchev–Trinajstić information content (AvgIpc) is 2.71. The van der Waals surface area contributed by atoms with Crippen LogP contribution in [0.4, 0.5) is 4.39 Å². The zero-order chi connectivity index (χ0) is 18.9. The molecule has 0 radical (unpaired) electrons. The Hall–Kier alpha value is -2.44. The maximum atomic E-state index is 13.0. The SMILES string of the molecule is O=C(NCCCN1CCOCC1)c1ccccc1OCc1ccc(F)cc1. The summed E-state index contributed by atoms with van der Waals surface area (Å²) in [5.74, 6) is 0.0924. The lowest BCUT2D eigenvalue weighted by atomic mass is 10.2. The van der Waals surface area contributed by atoms with Gasteiger partial charge in [-0.25, -0.2) is 4.39 Å². The van der Waals surface area contributed by atoms with Crippen LogP contribution >= 0.6 is 0 Å². The van der Waals surface area contributed by atoms with Crippen molar-refractivity contribution in [3.8, 4) is 5.75 Å². The zero-order valence-electron chi connectivity index (χ0n) is 15.3. The minimum Gasteiger partial charge on any atom is -0.488 e. The van der Waals surface area contributed by atoms with Gasteiger partial charge in [0, 0.05) is 19.6 Å². The normalized spacial score (nSPS) is 14.7. The summed E-state index contributed by atoms with van der Waals surface area (Å²) >= 11 is 0. The van der Waals surface area contributed by atoms with Gasteiger partial charge in [0.15, 0.2) is 0 Å². The van der Waals surface area contributed by atoms with E-state index in [-0.39, 0.29) is 18.3 Å². The van der Waals surface area contributed by atoms with Crippen molar-refractivity contribution in [2.24, 2.45) is 0 Å². The lowest BCUT2D eigenvalue weighted by molar-refractivity contribution is 0.0374. The number of halogens is 1. The molecule has 144 valence electrons. The molecule has 27 heavy (non-hydrogen) atoms. The van der Waals surface area contributed by atoms with Crippen LogP contribution in [0.2, 0.25) is 0 Å². The third-order valence-corrected chi connectivity index (χ3v) is 4.48. The molecule has 3 rings (SSSR count). The molecule has 0 atom stereocenters. The van der Waals surface area contributed by atoms with Crippen LogP contribution in [0.1, 0.15) is 22.3 Å². The third-order valence-electron chi connectivity index (χ3n) is 4.48. The summed E-state index contributed by atoms with van der Waals surface area (Å²) in [5, 5.41) is 2.96. The smallest absolute Gasteiger partial charge is 0.255 e. The quantitative estimate of drug-likeness (QED) is 0.724. The van der Waals surface area contributed by atoms with E-state index < -0.39 is 0 Å². The average molecular weight is 372 g/mol. The Bertz CT molecular complexity index is 730. The number of amides is 1. The molecule has 0 saturated carbocycles. The highest BCUT2D eigenvalue weighted by Gasteiger charge is 2.13. The number of rotatable bonds is 8. The lowest BCUT2D eigenvalue weighted by Crippen LogP contribution is -2.38. The van der Waals surface area contributed by atoms with Crippen LogP contribution in [0, 0.1) is 5.82 Å². The summed E-state index contributed by atoms with van der Waals surface area (Å²) in [6.07, 6.45) is 0.893. The molecule has 0 aromatic heterocycles. The molecule has 0 spiro atoms. The molecule has 0 unspecified atom stereocenters. The number of hydrogen-bond acceptors (Lipinski definition) is 4. The molecule has 1 heterocycles. The number of benzene rings is 2. The summed E-state index contributed by atoms with van der Waals surface area (Å²) in [4.78, 5) is 14.8. The summed E-state index contributed by atoms with van der Waals surface area (Å²) in [5.41, 5.74) is 1.35. The Balaban J connectivity index is 1.48. The first-order chi connectivity index (χ1) is 13.2. The van der Waals surface area contributed by atoms with E-state index in [4.69, 9.17) is 9.47 Å². The summed E-state index contributed by atoms with van der Waals surface area (Å²) in [7, 11) is 0. The molecule has 0 aliphatic carbocycles. The van der Waals surface area contributed by atoms with Crippen molar-refractivity contribution in [2.75, 3.05) is 39.4 Å². The number of ether oxygens (including phenoxy) is 2. The van der Waals surface area contributed by atoms with E-state index in [0.717, 1.165) is 44.8 Å². The minimum atomic E-state index is -0.282. The first-order valence-corrected chi connectivity index (χ1v) is 9.27. The van der Waals surface area contributed by atoms with Crippen molar-refractivity contribution in [1.29, 1.82) is 0 Å². The Labute approximate surface area is 159 Å². The fraction of sp³-hybridized carbons (Fsp3) is 0.381. The lowest BCUT2D eigenvalue weighted by Gasteiger charge is -2.26. The second-order valence-corrected chi connectivity index (χ2v) is 6.47. The highest BCUT2D eigenvalue weighted by atomic mass is 19.1. The second-order valence-electron chi connectivity index (χ2n) is 6.47. The molecule has 1 aliphatic rings. The van der Waals surface area contributed by atoms with Crippen molar-refractivity contribution in [3.63, 3.8) is 0 Å². The van der Waals surface area contributed by atoms with E-state index in [1.165, 1.54) is 12.1 Å². The van der Waals surface area contributed by atoms with Gasteiger partial charge < -0.3 is 14.8 Å². The second kappa shape index (κ2) is 10.0. The molecule has 0 bridgehead atoms. The Morgan fingerprint density at radius 1 is 1.11 bits per heavy atom. The number of para-hydroxylation sites is 1. The van der Waals surface area contributed by atoms with Gasteiger partial charge in [0.1, 0.15) is 18.2 Å². The Kier molecular flexibility index (Phi) is 7.19. The number of morpholine rings is 1. The molecule has 1 amide bonds. The van der Waals surface area contributed by atoms with Crippen molar-refractivity contribution < 1.29 is 18.7 Å². The third kappa shape index (κ3) is 6.05. The molecular weight excluding hydrogens is 347 g/mol. The summed E-state index contributed by atoms with van der Waals surface area (Å²) < 4.78 is 24.1. The van der Waals surface area contributed by atoms with Crippen LogP contribution in [0.15, 0.2) is 48.5 Å². The largest absolute Gasteiger partial charge is 0.488 e. The Morgan fingerprint density at radius 3 is 2.63 bits per heavy atom. The molecule has 1 aliphatic heterocycles. The van der Waals surface area contributed by atoms with Crippen LogP contribution < -0.4 is 10.1 Å². The molecule has 5 nitrogen and oxygen atoms in total. The van der Waals surface area contributed by atoms with Gasteiger partial charge in [0.2, 0.25) is 0 Å². The van der Waals surface area contributed by atoms with Crippen molar-refractivity contribution in [2.45, 2.75) is 13.0 Å². The number of nitrogens with zero attached hydrogens (tertiary/aromatic N) is 1. The topological polar surface area (TPSA) is 50.8 Å². The van der Waals surface area contributed by atoms with Crippen molar-refractivity contribution >= 4 is 5.91 Å². The predicted molar refractivity (Wildman–Crippen MR) is 101 cm³/mol. The van der Waals surface area contributed by atoms with Crippen LogP contribution in [-0.4, -0.2) is 50.2 Å². The highest BCUT2D eigenvalue weighted by Crippen LogP contribution is 2.19. The van der Waals surface area contributed by atoms with Gasteiger partial charge in [0.25, 0.3) is 5.91 Å². The standard InChI is InChI=1S/C21H25FN2O3/c22-18-8-6-17(7-9-18)16-27-20-5-2-1-4-19(20)21(25)23-10-3-11-24-12-14-26-15-13-24/h1-2,4-9H,3,10-16H2,(H,23,25). The summed E-state index contributed by atoms with van der Waals surface area (Å²) in [6, 6.07) is 13.3. The van der Waals surface area contributed by atoms with Crippen LogP contribution in [0.5, 0.6) is 5.75 Å². The van der Waals surface area contributed by atoms with E-state index in [9.17, 15) is 9.18 Å². The van der Waals surface area contributed by atoms with Gasteiger partial charge in [-0.2, -0.15) is 0 Å². The summed E-state index contributed by atoms with van der Waals surface area (Å²) in [6.45, 7) is 5.31. The van der Waals surface area contributed by atoms with Crippen molar-refractivity contribution in [1.82, 2.24) is 10.2 Å². The zero-order valence-corrected chi connectivity index (χ0v) is 15.3. The maximum Gasteiger partial charge on any atom is 0.255 e. The number of carbonyl (C=O) groups is 1. The number of nitrogens with one attached hydrogen (secondary N) is 1. The monoisotopic (exact) mass is 372 g/mol. The first kappa shape index (κ1) is 19.3. The van der Waals surface area contributed by atoms with Crippen LogP contribution in [0.3, 0.4) is 0 Å². The molecule has 1 saturated heterocycles. The fourth-order valence-electron chi connectivity index (χ4n) is 2.95. The van der Waals surface area contributed by atoms with E-state index in [0.29, 0.717) is 17.9 Å². The predicted octanol–water partition coefficient (Wildman–Crippen LogP) is 2.86. The van der Waals surface area contributed by atoms with Gasteiger partial charge in [-0.3, -0.25) is 9.69 Å². The van der Waals surface area contributed by atoms with E-state index in [1.54, 1.807) is 24.3 Å². The molecule has 6 heteroatoms. The molecule has 2 aromatic carbocycles. The van der Waals surface area contributed by atoms with Gasteiger partial charge in [-0.15, -0.1) is 0 Å². The van der Waals surface area contributed by atoms with E-state index in [1.807, 2.05) is 12.1 Å². The van der Waals surface area contributed by atoms with Gasteiger partial charge in [-0.1, -0.05) is 24.3 Å². The number of carbonyl (C=O) groups excluding carboxylic acids is 1. The van der Waals surface area contributed by atoms with Gasteiger partial charge in [0.05, 0.1) is 18.8 Å². The minimum absolute atomic E-state index is 0.147. The molecular formula is C21H25FN2O3. The van der Waals surface area contributed by atoms with Crippen LogP contribution in [0.25, 0.3) is 0 Å². The first-order valence-electron chi connectivity index (χ1n) is 9.27. The van der Waals surface area contributed by atoms with E-state index in [2.05, 4.69) is 10.2 Å². The van der Waals surface area contributed by atoms with Crippen LogP contribution in [-0.2, 0) is 11.3 Å². The van der Waals surface area contributed by atoms with Crippen molar-refractivity contribution in [3.05, 3.63) is 65.5 Å². The fourth-order valence-corrected chi connectivity index (χ4v) is 2.95. The molecule has 1 N–H and O–H groups in total. The van der Waals surface area contributed by atoms with E-state index >= 15 is 0 Å². The molecule has 2 aromatic rings.